The van der Waals surface area contributed by atoms with E-state index in [0.717, 1.165) is 25.7 Å². The van der Waals surface area contributed by atoms with Crippen molar-refractivity contribution in [3.05, 3.63) is 23.7 Å². The standard InChI is InChI=1S/C23H30N4O6/c1-13-18(12-31-23(30)27(3)14(2)15-7-8-15)21(33-26-13)19-10-25-20(11-24-19)32-17-6-4-5-16(9-17)22(28)29/h10-11,14-17H,4-9,12H2,1-3H3,(H,28,29). The van der Waals surface area contributed by atoms with E-state index < -0.39 is 5.97 Å². The van der Waals surface area contributed by atoms with Crippen LogP contribution in [-0.2, 0) is 16.1 Å². The second-order valence-electron chi connectivity index (χ2n) is 9.00. The van der Waals surface area contributed by atoms with Crippen LogP contribution in [0.1, 0.15) is 56.7 Å². The summed E-state index contributed by atoms with van der Waals surface area (Å²) in [6.07, 6.45) is 7.44. The topological polar surface area (TPSA) is 128 Å². The molecule has 0 spiro atoms. The number of aliphatic carboxylic acids is 1. The summed E-state index contributed by atoms with van der Waals surface area (Å²) in [7, 11) is 1.75. The normalized spacial score (nSPS) is 21.3. The van der Waals surface area contributed by atoms with Gasteiger partial charge in [-0.1, -0.05) is 5.16 Å². The zero-order valence-electron chi connectivity index (χ0n) is 19.2. The third-order valence-electron chi connectivity index (χ3n) is 6.65. The van der Waals surface area contributed by atoms with Crippen LogP contribution in [0.4, 0.5) is 4.79 Å². The zero-order valence-corrected chi connectivity index (χ0v) is 19.2. The maximum absolute atomic E-state index is 12.4. The predicted octanol–water partition coefficient (Wildman–Crippen LogP) is 3.83. The van der Waals surface area contributed by atoms with E-state index in [4.69, 9.17) is 14.0 Å². The van der Waals surface area contributed by atoms with Crippen molar-refractivity contribution in [1.29, 1.82) is 0 Å². The molecule has 2 saturated carbocycles. The van der Waals surface area contributed by atoms with Crippen LogP contribution in [0.5, 0.6) is 5.88 Å². The fraction of sp³-hybridized carbons (Fsp3) is 0.609. The van der Waals surface area contributed by atoms with Gasteiger partial charge in [-0.25, -0.2) is 14.8 Å². The number of carbonyl (C=O) groups is 2. The number of nitrogens with zero attached hydrogens (tertiary/aromatic N) is 4. The number of carbonyl (C=O) groups excluding carboxylic acids is 1. The number of aromatic nitrogens is 3. The Balaban J connectivity index is 1.38. The van der Waals surface area contributed by atoms with E-state index in [2.05, 4.69) is 15.1 Å². The van der Waals surface area contributed by atoms with Gasteiger partial charge < -0.3 is 24.0 Å². The van der Waals surface area contributed by atoms with Crippen molar-refractivity contribution in [3.8, 4) is 17.3 Å². The molecule has 2 aromatic rings. The molecule has 3 unspecified atom stereocenters. The first-order valence-electron chi connectivity index (χ1n) is 11.4. The van der Waals surface area contributed by atoms with Crippen LogP contribution in [0.2, 0.25) is 0 Å². The predicted molar refractivity (Wildman–Crippen MR) is 116 cm³/mol. The van der Waals surface area contributed by atoms with E-state index in [-0.39, 0.29) is 30.8 Å². The average Bonchev–Trinajstić information content (AvgIpc) is 3.60. The highest BCUT2D eigenvalue weighted by molar-refractivity contribution is 5.70. The van der Waals surface area contributed by atoms with E-state index in [1.54, 1.807) is 18.9 Å². The molecule has 2 heterocycles. The van der Waals surface area contributed by atoms with Crippen molar-refractivity contribution in [2.75, 3.05) is 7.05 Å². The molecule has 1 amide bonds. The second-order valence-corrected chi connectivity index (χ2v) is 9.00. The molecule has 0 bridgehead atoms. The van der Waals surface area contributed by atoms with Crippen LogP contribution in [0, 0.1) is 18.8 Å². The summed E-state index contributed by atoms with van der Waals surface area (Å²) in [6, 6.07) is 0.147. The highest BCUT2D eigenvalue weighted by Crippen LogP contribution is 2.35. The molecule has 2 aromatic heterocycles. The minimum atomic E-state index is -0.785. The number of rotatable bonds is 8. The lowest BCUT2D eigenvalue weighted by Crippen LogP contribution is -2.36. The van der Waals surface area contributed by atoms with Gasteiger partial charge in [-0.2, -0.15) is 0 Å². The van der Waals surface area contributed by atoms with Crippen molar-refractivity contribution in [2.24, 2.45) is 11.8 Å². The lowest BCUT2D eigenvalue weighted by molar-refractivity contribution is -0.143. The number of carboxylic acid groups (broad SMARTS) is 1. The van der Waals surface area contributed by atoms with Gasteiger partial charge in [0.25, 0.3) is 0 Å². The minimum absolute atomic E-state index is 0.0177. The molecule has 0 aromatic carbocycles. The number of hydrogen-bond acceptors (Lipinski definition) is 8. The Morgan fingerprint density at radius 3 is 2.70 bits per heavy atom. The van der Waals surface area contributed by atoms with E-state index in [1.165, 1.54) is 12.4 Å². The van der Waals surface area contributed by atoms with Gasteiger partial charge in [0.2, 0.25) is 5.88 Å². The van der Waals surface area contributed by atoms with Crippen molar-refractivity contribution in [3.63, 3.8) is 0 Å². The molecule has 2 fully saturated rings. The van der Waals surface area contributed by atoms with E-state index in [0.29, 0.717) is 47.4 Å². The third-order valence-corrected chi connectivity index (χ3v) is 6.65. The smallest absolute Gasteiger partial charge is 0.410 e. The van der Waals surface area contributed by atoms with Gasteiger partial charge in [-0.15, -0.1) is 0 Å². The summed E-state index contributed by atoms with van der Waals surface area (Å²) in [4.78, 5) is 34.0. The average molecular weight is 459 g/mol. The fourth-order valence-corrected chi connectivity index (χ4v) is 4.20. The van der Waals surface area contributed by atoms with E-state index in [9.17, 15) is 14.7 Å². The highest BCUT2D eigenvalue weighted by Gasteiger charge is 2.33. The van der Waals surface area contributed by atoms with Crippen molar-refractivity contribution < 1.29 is 28.7 Å². The molecule has 0 radical (unpaired) electrons. The third kappa shape index (κ3) is 5.43. The van der Waals surface area contributed by atoms with Crippen molar-refractivity contribution in [1.82, 2.24) is 20.0 Å². The van der Waals surface area contributed by atoms with Gasteiger partial charge in [-0.05, 0) is 58.3 Å². The van der Waals surface area contributed by atoms with Crippen LogP contribution in [0.3, 0.4) is 0 Å². The molecule has 178 valence electrons. The number of amides is 1. The first-order chi connectivity index (χ1) is 15.8. The van der Waals surface area contributed by atoms with Gasteiger partial charge >= 0.3 is 12.1 Å². The van der Waals surface area contributed by atoms with Gasteiger partial charge in [0.15, 0.2) is 5.76 Å². The molecule has 3 atom stereocenters. The van der Waals surface area contributed by atoms with Crippen LogP contribution in [0.15, 0.2) is 16.9 Å². The Bertz CT molecular complexity index is 987. The Kier molecular flexibility index (Phi) is 6.80. The monoisotopic (exact) mass is 458 g/mol. The summed E-state index contributed by atoms with van der Waals surface area (Å²) in [5, 5.41) is 13.2. The van der Waals surface area contributed by atoms with Crippen molar-refractivity contribution >= 4 is 12.1 Å². The summed E-state index contributed by atoms with van der Waals surface area (Å²) in [6.45, 7) is 3.83. The molecular weight excluding hydrogens is 428 g/mol. The number of aryl methyl sites for hydroxylation is 1. The van der Waals surface area contributed by atoms with Gasteiger partial charge in [0, 0.05) is 13.1 Å². The maximum Gasteiger partial charge on any atom is 0.410 e. The first-order valence-corrected chi connectivity index (χ1v) is 11.4. The second kappa shape index (κ2) is 9.76. The van der Waals surface area contributed by atoms with Gasteiger partial charge in [0.1, 0.15) is 18.4 Å². The summed E-state index contributed by atoms with van der Waals surface area (Å²) in [5.74, 6) is 0.0992. The number of hydrogen-bond donors (Lipinski definition) is 1. The molecule has 10 nitrogen and oxygen atoms in total. The Labute approximate surface area is 192 Å². The lowest BCUT2D eigenvalue weighted by Gasteiger charge is -2.26. The summed E-state index contributed by atoms with van der Waals surface area (Å²) in [5.41, 5.74) is 1.69. The molecule has 0 aliphatic heterocycles. The molecule has 10 heteroatoms. The largest absolute Gasteiger partial charge is 0.481 e. The molecule has 2 aliphatic rings. The molecule has 2 aliphatic carbocycles. The zero-order chi connectivity index (χ0) is 23.5. The fourth-order valence-electron chi connectivity index (χ4n) is 4.20. The van der Waals surface area contributed by atoms with Gasteiger partial charge in [0.05, 0.1) is 29.6 Å². The summed E-state index contributed by atoms with van der Waals surface area (Å²) < 4.78 is 16.8. The van der Waals surface area contributed by atoms with Gasteiger partial charge in [-0.3, -0.25) is 4.79 Å². The van der Waals surface area contributed by atoms with Crippen LogP contribution in [0.25, 0.3) is 11.5 Å². The van der Waals surface area contributed by atoms with Crippen LogP contribution < -0.4 is 4.74 Å². The van der Waals surface area contributed by atoms with E-state index >= 15 is 0 Å². The van der Waals surface area contributed by atoms with Crippen LogP contribution in [-0.4, -0.2) is 56.4 Å². The molecular formula is C23H30N4O6. The Morgan fingerprint density at radius 2 is 2.03 bits per heavy atom. The van der Waals surface area contributed by atoms with E-state index in [1.807, 2.05) is 6.92 Å². The van der Waals surface area contributed by atoms with Crippen LogP contribution >= 0.6 is 0 Å². The molecule has 4 rings (SSSR count). The SMILES string of the molecule is Cc1noc(-c2cnc(OC3CCCC(C(=O)O)C3)cn2)c1COC(=O)N(C)C(C)C1CC1. The highest BCUT2D eigenvalue weighted by atomic mass is 16.6. The molecule has 33 heavy (non-hydrogen) atoms. The number of carboxylic acids is 1. The molecule has 1 N–H and O–H groups in total. The Hall–Kier alpha value is -3.17. The first kappa shape index (κ1) is 23.0. The molecule has 0 saturated heterocycles. The maximum atomic E-state index is 12.4. The Morgan fingerprint density at radius 1 is 1.24 bits per heavy atom. The number of ether oxygens (including phenoxy) is 2. The lowest BCUT2D eigenvalue weighted by atomic mass is 9.87. The summed E-state index contributed by atoms with van der Waals surface area (Å²) >= 11 is 0. The quantitative estimate of drug-likeness (QED) is 0.627. The minimum Gasteiger partial charge on any atom is -0.481 e. The van der Waals surface area contributed by atoms with Crippen molar-refractivity contribution in [2.45, 2.75) is 71.1 Å².